The van der Waals surface area contributed by atoms with Crippen LogP contribution in [-0.4, -0.2) is 8.42 Å². The summed E-state index contributed by atoms with van der Waals surface area (Å²) in [7, 11) is -3.58. The molecule has 108 valence electrons. The maximum absolute atomic E-state index is 10.7. The van der Waals surface area contributed by atoms with Gasteiger partial charge in [0.2, 0.25) is 10.0 Å². The fourth-order valence-electron chi connectivity index (χ4n) is 1.19. The van der Waals surface area contributed by atoms with E-state index in [1.807, 2.05) is 18.2 Å². The van der Waals surface area contributed by atoms with Gasteiger partial charge in [-0.25, -0.2) is 13.6 Å². The third-order valence-corrected chi connectivity index (χ3v) is 3.08. The molecule has 0 spiro atoms. The first-order valence-electron chi connectivity index (χ1n) is 5.79. The van der Waals surface area contributed by atoms with Crippen LogP contribution in [0.2, 0.25) is 0 Å². The molecule has 2 aromatic rings. The molecule has 0 atom stereocenters. The Morgan fingerprint density at radius 3 is 1.65 bits per heavy atom. The number of rotatable bonds is 1. The van der Waals surface area contributed by atoms with Gasteiger partial charge in [-0.3, -0.25) is 0 Å². The summed E-state index contributed by atoms with van der Waals surface area (Å²) < 4.78 is 21.4. The zero-order valence-corrected chi connectivity index (χ0v) is 12.3. The smallest absolute Gasteiger partial charge is 0.238 e. The van der Waals surface area contributed by atoms with Crippen LogP contribution < -0.4 is 10.9 Å². The highest BCUT2D eigenvalue weighted by molar-refractivity contribution is 7.89. The number of hydrogen-bond acceptors (Lipinski definition) is 3. The second-order valence-corrected chi connectivity index (χ2v) is 5.33. The average molecular weight is 292 g/mol. The highest BCUT2D eigenvalue weighted by Gasteiger charge is 2.04. The van der Waals surface area contributed by atoms with Crippen molar-refractivity contribution in [2.75, 3.05) is 5.73 Å². The molecule has 0 saturated carbocycles. The van der Waals surface area contributed by atoms with E-state index in [4.69, 9.17) is 10.9 Å². The molecule has 20 heavy (non-hydrogen) atoms. The average Bonchev–Trinajstić information content (AvgIpc) is 2.42. The largest absolute Gasteiger partial charge is 0.399 e. The van der Waals surface area contributed by atoms with Crippen molar-refractivity contribution in [1.29, 1.82) is 0 Å². The van der Waals surface area contributed by atoms with Crippen LogP contribution in [-0.2, 0) is 10.0 Å². The molecule has 4 nitrogen and oxygen atoms in total. The molecule has 0 aliphatic rings. The van der Waals surface area contributed by atoms with E-state index in [0.717, 1.165) is 0 Å². The van der Waals surface area contributed by atoms with Gasteiger partial charge in [-0.1, -0.05) is 35.9 Å². The normalized spacial score (nSPS) is 9.50. The molecule has 0 saturated heterocycles. The summed E-state index contributed by atoms with van der Waals surface area (Å²) in [6.07, 6.45) is 0. The van der Waals surface area contributed by atoms with Crippen molar-refractivity contribution >= 4 is 15.7 Å². The van der Waals surface area contributed by atoms with Gasteiger partial charge in [-0.05, 0) is 31.2 Å². The lowest BCUT2D eigenvalue weighted by Crippen LogP contribution is -2.11. The molecule has 0 heterocycles. The van der Waals surface area contributed by atoms with E-state index in [-0.39, 0.29) is 4.90 Å². The monoisotopic (exact) mass is 292 g/mol. The maximum Gasteiger partial charge on any atom is 0.238 e. The minimum absolute atomic E-state index is 0.0756. The molecular weight excluding hydrogens is 272 g/mol. The summed E-state index contributed by atoms with van der Waals surface area (Å²) in [6, 6.07) is 16.0. The lowest BCUT2D eigenvalue weighted by molar-refractivity contribution is 0.598. The molecule has 0 aliphatic carbocycles. The molecule has 2 rings (SSSR count). The molecular formula is C15H20N2O2S. The fraction of sp³-hybridized carbons (Fsp3) is 0.0667. The van der Waals surface area contributed by atoms with Crippen molar-refractivity contribution in [2.24, 2.45) is 5.14 Å². The van der Waals surface area contributed by atoms with Gasteiger partial charge in [0.1, 0.15) is 0 Å². The summed E-state index contributed by atoms with van der Waals surface area (Å²) in [4.78, 5) is 0.0756. The van der Waals surface area contributed by atoms with Crippen molar-refractivity contribution in [3.05, 3.63) is 73.3 Å². The molecule has 0 amide bonds. The number of nitrogen functional groups attached to an aromatic ring is 1. The lowest BCUT2D eigenvalue weighted by atomic mass is 10.2. The van der Waals surface area contributed by atoms with E-state index < -0.39 is 10.0 Å². The predicted molar refractivity (Wildman–Crippen MR) is 84.7 cm³/mol. The molecule has 0 radical (unpaired) electrons. The number of nitrogens with two attached hydrogens (primary N) is 2. The first-order valence-corrected chi connectivity index (χ1v) is 7.34. The zero-order valence-electron chi connectivity index (χ0n) is 11.5. The number of benzene rings is 2. The third kappa shape index (κ3) is 7.35. The van der Waals surface area contributed by atoms with E-state index >= 15 is 0 Å². The van der Waals surface area contributed by atoms with Crippen molar-refractivity contribution in [1.82, 2.24) is 0 Å². The number of aryl methyl sites for hydroxylation is 1. The minimum atomic E-state index is -3.58. The Bertz CT molecular complexity index is 594. The number of hydrogen-bond donors (Lipinski definition) is 2. The van der Waals surface area contributed by atoms with Gasteiger partial charge < -0.3 is 5.73 Å². The lowest BCUT2D eigenvalue weighted by Gasteiger charge is -1.96. The fourth-order valence-corrected chi connectivity index (χ4v) is 1.71. The Kier molecular flexibility index (Phi) is 7.96. The molecule has 5 heteroatoms. The van der Waals surface area contributed by atoms with Crippen LogP contribution in [0.25, 0.3) is 0 Å². The van der Waals surface area contributed by atoms with Gasteiger partial charge in [0.25, 0.3) is 0 Å². The molecule has 2 aromatic carbocycles. The number of anilines is 1. The van der Waals surface area contributed by atoms with Gasteiger partial charge in [0, 0.05) is 5.69 Å². The molecule has 0 aliphatic heterocycles. The standard InChI is InChI=1S/C7H8.C6H8N2O2S.C2H4/c1-7-5-3-2-4-6-7;7-5-1-3-6(4-2-5)11(8,9)10;1-2/h2-6H,1H3;1-4H,7H2,(H2,8,9,10);1-2H2. The van der Waals surface area contributed by atoms with Crippen LogP contribution in [0.4, 0.5) is 5.69 Å². The quantitative estimate of drug-likeness (QED) is 0.626. The van der Waals surface area contributed by atoms with Crippen molar-refractivity contribution in [3.8, 4) is 0 Å². The molecule has 0 unspecified atom stereocenters. The molecule has 0 bridgehead atoms. The summed E-state index contributed by atoms with van der Waals surface area (Å²) in [6.45, 7) is 8.08. The topological polar surface area (TPSA) is 86.2 Å². The summed E-state index contributed by atoms with van der Waals surface area (Å²) in [5.74, 6) is 0. The van der Waals surface area contributed by atoms with Crippen LogP contribution in [0, 0.1) is 6.92 Å². The van der Waals surface area contributed by atoms with Gasteiger partial charge in [-0.15, -0.1) is 13.2 Å². The highest BCUT2D eigenvalue weighted by atomic mass is 32.2. The van der Waals surface area contributed by atoms with Crippen molar-refractivity contribution in [3.63, 3.8) is 0 Å². The summed E-state index contributed by atoms with van der Waals surface area (Å²) in [5, 5.41) is 4.84. The Hall–Kier alpha value is -2.11. The number of primary sulfonamides is 1. The van der Waals surface area contributed by atoms with Gasteiger partial charge in [0.05, 0.1) is 4.90 Å². The van der Waals surface area contributed by atoms with Crippen LogP contribution in [0.5, 0.6) is 0 Å². The van der Waals surface area contributed by atoms with Crippen molar-refractivity contribution < 1.29 is 8.42 Å². The predicted octanol–water partition coefficient (Wildman–Crippen LogP) is 2.71. The van der Waals surface area contributed by atoms with Gasteiger partial charge in [0.15, 0.2) is 0 Å². The Morgan fingerprint density at radius 1 is 0.900 bits per heavy atom. The van der Waals surface area contributed by atoms with Gasteiger partial charge >= 0.3 is 0 Å². The van der Waals surface area contributed by atoms with Crippen molar-refractivity contribution in [2.45, 2.75) is 11.8 Å². The van der Waals surface area contributed by atoms with E-state index in [2.05, 4.69) is 32.2 Å². The summed E-state index contributed by atoms with van der Waals surface area (Å²) in [5.41, 5.74) is 7.17. The second-order valence-electron chi connectivity index (χ2n) is 3.77. The first-order chi connectivity index (χ1) is 9.39. The van der Waals surface area contributed by atoms with Gasteiger partial charge in [-0.2, -0.15) is 0 Å². The molecule has 0 aromatic heterocycles. The SMILES string of the molecule is C=C.Cc1ccccc1.Nc1ccc(S(N)(=O)=O)cc1. The Balaban J connectivity index is 0.000000345. The minimum Gasteiger partial charge on any atom is -0.399 e. The van der Waals surface area contributed by atoms with E-state index in [9.17, 15) is 8.42 Å². The first kappa shape index (κ1) is 17.9. The summed E-state index contributed by atoms with van der Waals surface area (Å²) >= 11 is 0. The van der Waals surface area contributed by atoms with E-state index in [1.165, 1.54) is 29.8 Å². The van der Waals surface area contributed by atoms with Crippen LogP contribution in [0.15, 0.2) is 72.7 Å². The highest BCUT2D eigenvalue weighted by Crippen LogP contribution is 2.08. The maximum atomic E-state index is 10.7. The van der Waals surface area contributed by atoms with E-state index in [0.29, 0.717) is 5.69 Å². The second kappa shape index (κ2) is 8.90. The third-order valence-electron chi connectivity index (χ3n) is 2.15. The molecule has 4 N–H and O–H groups in total. The van der Waals surface area contributed by atoms with Crippen LogP contribution in [0.1, 0.15) is 5.56 Å². The Morgan fingerprint density at radius 2 is 1.35 bits per heavy atom. The zero-order chi connectivity index (χ0) is 15.6. The Labute approximate surface area is 120 Å². The molecule has 0 fully saturated rings. The van der Waals surface area contributed by atoms with Crippen LogP contribution in [0.3, 0.4) is 0 Å². The van der Waals surface area contributed by atoms with E-state index in [1.54, 1.807) is 0 Å². The van der Waals surface area contributed by atoms with Crippen LogP contribution >= 0.6 is 0 Å². The number of sulfonamides is 1.